The zero-order chi connectivity index (χ0) is 16.1. The molecule has 0 radical (unpaired) electrons. The highest BCUT2D eigenvalue weighted by molar-refractivity contribution is 9.10. The molecule has 1 aliphatic rings. The Kier molecular flexibility index (Phi) is 6.08. The molecule has 1 aliphatic heterocycles. The lowest BCUT2D eigenvalue weighted by atomic mass is 9.96. The number of nitrogens with zero attached hydrogens (tertiary/aromatic N) is 1. The normalized spacial score (nSPS) is 15.5. The van der Waals surface area contributed by atoms with Crippen molar-refractivity contribution in [2.45, 2.75) is 12.8 Å². The summed E-state index contributed by atoms with van der Waals surface area (Å²) in [5, 5.41) is 3.11. The summed E-state index contributed by atoms with van der Waals surface area (Å²) in [4.78, 5) is 25.4. The molecule has 0 saturated carbocycles. The minimum Gasteiger partial charge on any atom is -0.482 e. The van der Waals surface area contributed by atoms with E-state index in [0.29, 0.717) is 36.7 Å². The van der Waals surface area contributed by atoms with Gasteiger partial charge in [0.05, 0.1) is 5.02 Å². The van der Waals surface area contributed by atoms with E-state index in [1.54, 1.807) is 30.1 Å². The van der Waals surface area contributed by atoms with Gasteiger partial charge in [0.1, 0.15) is 5.75 Å². The van der Waals surface area contributed by atoms with Gasteiger partial charge < -0.3 is 15.0 Å². The first-order valence-electron chi connectivity index (χ1n) is 7.08. The number of benzene rings is 1. The molecule has 1 heterocycles. The number of amides is 2. The van der Waals surface area contributed by atoms with Crippen LogP contribution in [0.2, 0.25) is 5.02 Å². The SMILES string of the molecule is CNC(=O)C1CCN(C(=O)COc2ccc(Br)cc2Cl)CC1. The number of halogens is 2. The van der Waals surface area contributed by atoms with Crippen molar-refractivity contribution >= 4 is 39.3 Å². The van der Waals surface area contributed by atoms with E-state index in [0.717, 1.165) is 4.47 Å². The first-order valence-corrected chi connectivity index (χ1v) is 8.25. The predicted octanol–water partition coefficient (Wildman–Crippen LogP) is 2.47. The molecule has 5 nitrogen and oxygen atoms in total. The molecule has 0 aromatic heterocycles. The van der Waals surface area contributed by atoms with Gasteiger partial charge in [0, 0.05) is 30.5 Å². The van der Waals surface area contributed by atoms with Crippen LogP contribution in [0.5, 0.6) is 5.75 Å². The van der Waals surface area contributed by atoms with Crippen LogP contribution in [0.3, 0.4) is 0 Å². The van der Waals surface area contributed by atoms with Gasteiger partial charge in [-0.1, -0.05) is 27.5 Å². The van der Waals surface area contributed by atoms with Crippen LogP contribution in [0.15, 0.2) is 22.7 Å². The Morgan fingerprint density at radius 1 is 1.41 bits per heavy atom. The summed E-state index contributed by atoms with van der Waals surface area (Å²) in [5.74, 6) is 0.439. The lowest BCUT2D eigenvalue weighted by Crippen LogP contribution is -2.44. The molecule has 2 amide bonds. The molecule has 0 unspecified atom stereocenters. The quantitative estimate of drug-likeness (QED) is 0.860. The van der Waals surface area contributed by atoms with Crippen molar-refractivity contribution in [1.82, 2.24) is 10.2 Å². The third-order valence-corrected chi connectivity index (χ3v) is 4.50. The predicted molar refractivity (Wildman–Crippen MR) is 88.0 cm³/mol. The fraction of sp³-hybridized carbons (Fsp3) is 0.467. The highest BCUT2D eigenvalue weighted by Gasteiger charge is 2.26. The topological polar surface area (TPSA) is 58.6 Å². The minimum absolute atomic E-state index is 0.00381. The first kappa shape index (κ1) is 17.1. The summed E-state index contributed by atoms with van der Waals surface area (Å²) in [6.45, 7) is 1.11. The number of ether oxygens (including phenoxy) is 1. The molecule has 1 N–H and O–H groups in total. The van der Waals surface area contributed by atoms with Crippen LogP contribution < -0.4 is 10.1 Å². The van der Waals surface area contributed by atoms with Crippen LogP contribution in [-0.4, -0.2) is 43.5 Å². The highest BCUT2D eigenvalue weighted by atomic mass is 79.9. The van der Waals surface area contributed by atoms with Gasteiger partial charge in [0.15, 0.2) is 6.61 Å². The van der Waals surface area contributed by atoms with Gasteiger partial charge in [-0.3, -0.25) is 9.59 Å². The van der Waals surface area contributed by atoms with Gasteiger partial charge in [-0.25, -0.2) is 0 Å². The molecule has 0 aliphatic carbocycles. The first-order chi connectivity index (χ1) is 10.5. The molecule has 22 heavy (non-hydrogen) atoms. The van der Waals surface area contributed by atoms with Gasteiger partial charge in [0.25, 0.3) is 5.91 Å². The summed E-state index contributed by atoms with van der Waals surface area (Å²) in [7, 11) is 1.63. The Balaban J connectivity index is 1.82. The number of carbonyl (C=O) groups is 2. The van der Waals surface area contributed by atoms with E-state index in [-0.39, 0.29) is 24.3 Å². The second-order valence-electron chi connectivity index (χ2n) is 5.13. The van der Waals surface area contributed by atoms with Crippen molar-refractivity contribution in [2.24, 2.45) is 5.92 Å². The molecular formula is C15H18BrClN2O3. The number of nitrogens with one attached hydrogen (secondary N) is 1. The second-order valence-corrected chi connectivity index (χ2v) is 6.46. The Labute approximate surface area is 143 Å². The maximum absolute atomic E-state index is 12.1. The fourth-order valence-corrected chi connectivity index (χ4v) is 3.15. The van der Waals surface area contributed by atoms with Crippen LogP contribution in [0.1, 0.15) is 12.8 Å². The average Bonchev–Trinajstić information content (AvgIpc) is 2.53. The van der Waals surface area contributed by atoms with E-state index in [2.05, 4.69) is 21.2 Å². The molecule has 1 aromatic carbocycles. The Morgan fingerprint density at radius 2 is 2.09 bits per heavy atom. The summed E-state index contributed by atoms with van der Waals surface area (Å²) in [6, 6.07) is 5.24. The number of piperidine rings is 1. The molecular weight excluding hydrogens is 372 g/mol. The van der Waals surface area contributed by atoms with Crippen molar-refractivity contribution in [3.63, 3.8) is 0 Å². The molecule has 1 aromatic rings. The largest absolute Gasteiger partial charge is 0.482 e. The van der Waals surface area contributed by atoms with E-state index < -0.39 is 0 Å². The Bertz CT molecular complexity index is 560. The maximum Gasteiger partial charge on any atom is 0.260 e. The number of likely N-dealkylation sites (tertiary alicyclic amines) is 1. The zero-order valence-electron chi connectivity index (χ0n) is 12.3. The van der Waals surface area contributed by atoms with Crippen LogP contribution >= 0.6 is 27.5 Å². The van der Waals surface area contributed by atoms with Crippen LogP contribution in [0.25, 0.3) is 0 Å². The average molecular weight is 390 g/mol. The van der Waals surface area contributed by atoms with Gasteiger partial charge >= 0.3 is 0 Å². The summed E-state index contributed by atoms with van der Waals surface area (Å²) < 4.78 is 6.33. The number of hydrogen-bond donors (Lipinski definition) is 1. The van der Waals surface area contributed by atoms with Crippen molar-refractivity contribution in [2.75, 3.05) is 26.7 Å². The lowest BCUT2D eigenvalue weighted by molar-refractivity contribution is -0.137. The second kappa shape index (κ2) is 7.83. The van der Waals surface area contributed by atoms with Crippen molar-refractivity contribution in [1.29, 1.82) is 0 Å². The molecule has 0 bridgehead atoms. The van der Waals surface area contributed by atoms with Crippen molar-refractivity contribution in [3.8, 4) is 5.75 Å². The maximum atomic E-state index is 12.1. The minimum atomic E-state index is -0.0886. The molecule has 1 fully saturated rings. The van der Waals surface area contributed by atoms with Crippen LogP contribution in [0.4, 0.5) is 0 Å². The van der Waals surface area contributed by atoms with E-state index >= 15 is 0 Å². The Morgan fingerprint density at radius 3 is 2.68 bits per heavy atom. The zero-order valence-corrected chi connectivity index (χ0v) is 14.6. The number of hydrogen-bond acceptors (Lipinski definition) is 3. The summed E-state index contributed by atoms with van der Waals surface area (Å²) in [5.41, 5.74) is 0. The van der Waals surface area contributed by atoms with Crippen LogP contribution in [-0.2, 0) is 9.59 Å². The standard InChI is InChI=1S/C15H18BrClN2O3/c1-18-15(21)10-4-6-19(7-5-10)14(20)9-22-13-3-2-11(16)8-12(13)17/h2-3,8,10H,4-7,9H2,1H3,(H,18,21). The van der Waals surface area contributed by atoms with Crippen molar-refractivity contribution < 1.29 is 14.3 Å². The molecule has 0 atom stereocenters. The fourth-order valence-electron chi connectivity index (χ4n) is 2.42. The van der Waals surface area contributed by atoms with E-state index in [9.17, 15) is 9.59 Å². The lowest BCUT2D eigenvalue weighted by Gasteiger charge is -2.31. The molecule has 0 spiro atoms. The van der Waals surface area contributed by atoms with E-state index in [4.69, 9.17) is 16.3 Å². The molecule has 120 valence electrons. The van der Waals surface area contributed by atoms with E-state index in [1.165, 1.54) is 0 Å². The third-order valence-electron chi connectivity index (χ3n) is 3.71. The summed E-state index contributed by atoms with van der Waals surface area (Å²) in [6.07, 6.45) is 1.37. The molecule has 1 saturated heterocycles. The van der Waals surface area contributed by atoms with Gasteiger partial charge in [-0.2, -0.15) is 0 Å². The van der Waals surface area contributed by atoms with Gasteiger partial charge in [-0.15, -0.1) is 0 Å². The molecule has 2 rings (SSSR count). The third kappa shape index (κ3) is 4.36. The van der Waals surface area contributed by atoms with Gasteiger partial charge in [0.2, 0.25) is 5.91 Å². The summed E-state index contributed by atoms with van der Waals surface area (Å²) >= 11 is 9.36. The monoisotopic (exact) mass is 388 g/mol. The van der Waals surface area contributed by atoms with E-state index in [1.807, 2.05) is 0 Å². The van der Waals surface area contributed by atoms with Crippen LogP contribution in [0, 0.1) is 5.92 Å². The number of carbonyl (C=O) groups excluding carboxylic acids is 2. The highest BCUT2D eigenvalue weighted by Crippen LogP contribution is 2.27. The van der Waals surface area contributed by atoms with Crippen molar-refractivity contribution in [3.05, 3.63) is 27.7 Å². The number of rotatable bonds is 4. The molecule has 7 heteroatoms. The van der Waals surface area contributed by atoms with Gasteiger partial charge in [-0.05, 0) is 31.0 Å². The Hall–Kier alpha value is -1.27. The smallest absolute Gasteiger partial charge is 0.260 e.